The van der Waals surface area contributed by atoms with Gasteiger partial charge in [0.15, 0.2) is 0 Å². The van der Waals surface area contributed by atoms with Crippen LogP contribution in [0.4, 0.5) is 0 Å². The molecule has 0 saturated heterocycles. The molecule has 0 amide bonds. The van der Waals surface area contributed by atoms with Crippen LogP contribution in [0.2, 0.25) is 0 Å². The van der Waals surface area contributed by atoms with Crippen LogP contribution < -0.4 is 5.32 Å². The minimum Gasteiger partial charge on any atom is -0.395 e. The molecule has 0 spiro atoms. The van der Waals surface area contributed by atoms with E-state index in [-0.39, 0.29) is 12.6 Å². The number of nitrogens with zero attached hydrogens (tertiary/aromatic N) is 1. The van der Waals surface area contributed by atoms with Gasteiger partial charge in [-0.15, -0.1) is 0 Å². The largest absolute Gasteiger partial charge is 0.395 e. The highest BCUT2D eigenvalue weighted by Crippen LogP contribution is 2.03. The number of thioether (sulfide) groups is 1. The molecule has 70 valence electrons. The lowest BCUT2D eigenvalue weighted by Crippen LogP contribution is -2.30. The molecule has 0 aliphatic heterocycles. The Morgan fingerprint density at radius 2 is 2.42 bits per heavy atom. The lowest BCUT2D eigenvalue weighted by Gasteiger charge is -2.08. The van der Waals surface area contributed by atoms with Crippen LogP contribution in [0.1, 0.15) is 13.3 Å². The highest BCUT2D eigenvalue weighted by atomic mass is 32.2. The van der Waals surface area contributed by atoms with Crippen molar-refractivity contribution in [3.63, 3.8) is 0 Å². The number of nitrogens with one attached hydrogen (secondary N) is 1. The van der Waals surface area contributed by atoms with E-state index in [0.717, 1.165) is 17.9 Å². The van der Waals surface area contributed by atoms with Crippen molar-refractivity contribution in [2.24, 2.45) is 0 Å². The molecule has 0 saturated carbocycles. The molecule has 0 aromatic carbocycles. The predicted molar refractivity (Wildman–Crippen MR) is 52.1 cm³/mol. The van der Waals surface area contributed by atoms with Gasteiger partial charge in [-0.1, -0.05) is 6.92 Å². The second kappa shape index (κ2) is 8.85. The van der Waals surface area contributed by atoms with Crippen LogP contribution >= 0.6 is 11.8 Å². The maximum atomic E-state index is 8.65. The van der Waals surface area contributed by atoms with E-state index in [9.17, 15) is 0 Å². The summed E-state index contributed by atoms with van der Waals surface area (Å²) in [5.41, 5.74) is 0. The minimum absolute atomic E-state index is 0.0963. The Balaban J connectivity index is 3.35. The van der Waals surface area contributed by atoms with Gasteiger partial charge in [0, 0.05) is 6.54 Å². The van der Waals surface area contributed by atoms with Crippen LogP contribution in [0.15, 0.2) is 0 Å². The van der Waals surface area contributed by atoms with E-state index in [4.69, 9.17) is 10.4 Å². The van der Waals surface area contributed by atoms with E-state index in [1.165, 1.54) is 0 Å². The first-order chi connectivity index (χ1) is 5.85. The lowest BCUT2D eigenvalue weighted by atomic mass is 10.2. The smallest absolute Gasteiger partial charge is 0.0961 e. The van der Waals surface area contributed by atoms with Gasteiger partial charge in [-0.3, -0.25) is 5.32 Å². The van der Waals surface area contributed by atoms with Crippen molar-refractivity contribution in [3.8, 4) is 6.07 Å². The van der Waals surface area contributed by atoms with Crippen molar-refractivity contribution in [1.82, 2.24) is 5.32 Å². The molecule has 0 aliphatic carbocycles. The van der Waals surface area contributed by atoms with E-state index in [2.05, 4.69) is 18.3 Å². The van der Waals surface area contributed by atoms with E-state index < -0.39 is 0 Å². The van der Waals surface area contributed by atoms with Gasteiger partial charge >= 0.3 is 0 Å². The Hall–Kier alpha value is -0.240. The van der Waals surface area contributed by atoms with Gasteiger partial charge in [-0.05, 0) is 17.9 Å². The van der Waals surface area contributed by atoms with Crippen LogP contribution in [-0.2, 0) is 0 Å². The third-order valence-electron chi connectivity index (χ3n) is 1.41. The first-order valence-electron chi connectivity index (χ1n) is 4.16. The summed E-state index contributed by atoms with van der Waals surface area (Å²) in [6, 6.07) is 2.06. The highest BCUT2D eigenvalue weighted by molar-refractivity contribution is 7.99. The molecular weight excluding hydrogens is 172 g/mol. The summed E-state index contributed by atoms with van der Waals surface area (Å²) in [7, 11) is 0. The molecule has 3 nitrogen and oxygen atoms in total. The second-order valence-corrected chi connectivity index (χ2v) is 3.74. The number of aliphatic hydroxyl groups is 1. The topological polar surface area (TPSA) is 56.0 Å². The summed E-state index contributed by atoms with van der Waals surface area (Å²) in [5.74, 6) is 2.10. The fourth-order valence-corrected chi connectivity index (χ4v) is 1.49. The molecule has 0 aliphatic rings. The predicted octanol–water partition coefficient (Wildman–Crippen LogP) is 0.604. The third kappa shape index (κ3) is 6.47. The summed E-state index contributed by atoms with van der Waals surface area (Å²) >= 11 is 1.83. The Kier molecular flexibility index (Phi) is 8.68. The normalized spacial score (nSPS) is 12.4. The molecule has 0 heterocycles. The Labute approximate surface area is 78.2 Å². The van der Waals surface area contributed by atoms with Gasteiger partial charge in [0.25, 0.3) is 0 Å². The first-order valence-corrected chi connectivity index (χ1v) is 5.32. The molecule has 2 N–H and O–H groups in total. The maximum absolute atomic E-state index is 8.65. The molecule has 1 unspecified atom stereocenters. The molecule has 0 bridgehead atoms. The molecular formula is C8H16N2OS. The number of hydrogen-bond donors (Lipinski definition) is 2. The summed E-state index contributed by atoms with van der Waals surface area (Å²) in [5, 5.41) is 20.1. The summed E-state index contributed by atoms with van der Waals surface area (Å²) in [4.78, 5) is 0. The monoisotopic (exact) mass is 188 g/mol. The molecule has 0 rings (SSSR count). The van der Waals surface area contributed by atoms with Crippen LogP contribution in [0, 0.1) is 11.3 Å². The standard InChI is InChI=1S/C8H16N2OS/c1-2-12-6-3-8(7-9)10-4-5-11/h8,10-11H,2-6H2,1H3. The SMILES string of the molecule is CCSCCC(C#N)NCCO. The Bertz CT molecular complexity index is 136. The molecule has 1 atom stereocenters. The zero-order chi connectivity index (χ0) is 9.23. The van der Waals surface area contributed by atoms with Crippen LogP contribution in [0.5, 0.6) is 0 Å². The fraction of sp³-hybridized carbons (Fsp3) is 0.875. The van der Waals surface area contributed by atoms with E-state index in [1.54, 1.807) is 0 Å². The van der Waals surface area contributed by atoms with E-state index in [0.29, 0.717) is 6.54 Å². The quantitative estimate of drug-likeness (QED) is 0.575. The highest BCUT2D eigenvalue weighted by Gasteiger charge is 2.04. The maximum Gasteiger partial charge on any atom is 0.0961 e. The van der Waals surface area contributed by atoms with Crippen molar-refractivity contribution >= 4 is 11.8 Å². The van der Waals surface area contributed by atoms with Gasteiger partial charge < -0.3 is 5.11 Å². The minimum atomic E-state index is -0.101. The van der Waals surface area contributed by atoms with Crippen molar-refractivity contribution in [1.29, 1.82) is 5.26 Å². The first kappa shape index (κ1) is 11.8. The average Bonchev–Trinajstić information content (AvgIpc) is 2.11. The van der Waals surface area contributed by atoms with Gasteiger partial charge in [0.1, 0.15) is 0 Å². The van der Waals surface area contributed by atoms with Gasteiger partial charge in [0.05, 0.1) is 18.7 Å². The number of nitriles is 1. The Morgan fingerprint density at radius 3 is 2.92 bits per heavy atom. The number of rotatable bonds is 7. The zero-order valence-corrected chi connectivity index (χ0v) is 8.23. The van der Waals surface area contributed by atoms with Crippen molar-refractivity contribution in [2.75, 3.05) is 24.7 Å². The molecule has 12 heavy (non-hydrogen) atoms. The van der Waals surface area contributed by atoms with Gasteiger partial charge in [-0.2, -0.15) is 17.0 Å². The Morgan fingerprint density at radius 1 is 1.67 bits per heavy atom. The summed E-state index contributed by atoms with van der Waals surface area (Å²) in [6.07, 6.45) is 0.856. The molecule has 0 radical (unpaired) electrons. The molecule has 0 fully saturated rings. The molecule has 0 aromatic heterocycles. The summed E-state index contributed by atoms with van der Waals surface area (Å²) < 4.78 is 0. The fourth-order valence-electron chi connectivity index (χ4n) is 0.797. The molecule has 4 heteroatoms. The third-order valence-corrected chi connectivity index (χ3v) is 2.35. The van der Waals surface area contributed by atoms with E-state index in [1.807, 2.05) is 11.8 Å². The molecule has 0 aromatic rings. The van der Waals surface area contributed by atoms with Gasteiger partial charge in [0.2, 0.25) is 0 Å². The van der Waals surface area contributed by atoms with Crippen molar-refractivity contribution in [3.05, 3.63) is 0 Å². The number of aliphatic hydroxyl groups excluding tert-OH is 1. The van der Waals surface area contributed by atoms with Gasteiger partial charge in [-0.25, -0.2) is 0 Å². The average molecular weight is 188 g/mol. The zero-order valence-electron chi connectivity index (χ0n) is 7.42. The van der Waals surface area contributed by atoms with E-state index >= 15 is 0 Å². The van der Waals surface area contributed by atoms with Crippen LogP contribution in [0.3, 0.4) is 0 Å². The number of hydrogen-bond acceptors (Lipinski definition) is 4. The van der Waals surface area contributed by atoms with Crippen molar-refractivity contribution in [2.45, 2.75) is 19.4 Å². The van der Waals surface area contributed by atoms with Crippen LogP contribution in [0.25, 0.3) is 0 Å². The second-order valence-electron chi connectivity index (χ2n) is 2.35. The van der Waals surface area contributed by atoms with Crippen molar-refractivity contribution < 1.29 is 5.11 Å². The van der Waals surface area contributed by atoms with Crippen LogP contribution in [-0.4, -0.2) is 35.8 Å². The summed E-state index contributed by atoms with van der Waals surface area (Å²) in [6.45, 7) is 2.71. The lowest BCUT2D eigenvalue weighted by molar-refractivity contribution is 0.288.